The molecule has 2 aliphatic rings. The number of piperazine rings is 2. The van der Waals surface area contributed by atoms with Gasteiger partial charge < -0.3 is 52.0 Å². The van der Waals surface area contributed by atoms with E-state index < -0.39 is 78.0 Å². The highest BCUT2D eigenvalue weighted by Crippen LogP contribution is 2.08. The van der Waals surface area contributed by atoms with Gasteiger partial charge in [-0.3, -0.25) is 43.2 Å². The summed E-state index contributed by atoms with van der Waals surface area (Å²) in [6.45, 7) is 4.43. The first-order valence-corrected chi connectivity index (χ1v) is 18.1. The molecule has 2 aliphatic heterocycles. The van der Waals surface area contributed by atoms with Crippen LogP contribution in [0.3, 0.4) is 0 Å². The third kappa shape index (κ3) is 17.3. The van der Waals surface area contributed by atoms with Crippen LogP contribution >= 0.6 is 0 Å². The highest BCUT2D eigenvalue weighted by molar-refractivity contribution is 5.99. The zero-order valence-corrected chi connectivity index (χ0v) is 32.3. The van der Waals surface area contributed by atoms with Crippen molar-refractivity contribution in [3.05, 3.63) is 71.8 Å². The largest absolute Gasteiger partial charge is 0.481 e. The molecule has 2 aromatic rings. The monoisotopic (exact) mass is 826 g/mol. The minimum absolute atomic E-state index is 0.0704. The number of aliphatic carboxylic acids is 2. The number of carboxylic acids is 2. The van der Waals surface area contributed by atoms with Crippen LogP contribution in [0.15, 0.2) is 60.7 Å². The van der Waals surface area contributed by atoms with E-state index >= 15 is 0 Å². The highest BCUT2D eigenvalue weighted by atomic mass is 16.6. The van der Waals surface area contributed by atoms with E-state index in [4.69, 9.17) is 15.9 Å². The van der Waals surface area contributed by atoms with Crippen molar-refractivity contribution in [3.8, 4) is 0 Å². The second-order valence-electron chi connectivity index (χ2n) is 13.0. The van der Waals surface area contributed by atoms with Crippen LogP contribution in [0.4, 0.5) is 0 Å². The topological polar surface area (TPSA) is 333 Å². The Hall–Kier alpha value is -7.03. The first kappa shape index (κ1) is 48.1. The van der Waals surface area contributed by atoms with Crippen molar-refractivity contribution in [3.63, 3.8) is 0 Å². The average Bonchev–Trinajstić information content (AvgIpc) is 3.19. The Balaban J connectivity index is 0.000000314. The zero-order chi connectivity index (χ0) is 44.2. The maximum Gasteiger partial charge on any atom is 0.345 e. The van der Waals surface area contributed by atoms with E-state index in [1.54, 1.807) is 50.2 Å². The number of hydrogen-bond acceptors (Lipinski definition) is 14. The lowest BCUT2D eigenvalue weighted by Gasteiger charge is -2.27. The molecule has 2 aromatic carbocycles. The Morgan fingerprint density at radius 3 is 1.46 bits per heavy atom. The molecule has 6 atom stereocenters. The number of carbonyl (C=O) groups is 11. The molecule has 6 unspecified atom stereocenters. The lowest BCUT2D eigenvalue weighted by molar-refractivity contribution is -0.142. The number of nitrogens with one attached hydrogen (secondary N) is 5. The molecule has 0 spiro atoms. The van der Waals surface area contributed by atoms with Crippen LogP contribution in [-0.2, 0) is 52.6 Å². The number of carboxylic acid groups (broad SMARTS) is 2. The third-order valence-corrected chi connectivity index (χ3v) is 8.21. The maximum absolute atomic E-state index is 11.7. The molecule has 21 nitrogen and oxygen atoms in total. The van der Waals surface area contributed by atoms with Crippen molar-refractivity contribution in [2.45, 2.75) is 95.5 Å². The van der Waals surface area contributed by atoms with Crippen molar-refractivity contribution < 1.29 is 72.4 Å². The molecule has 2 heterocycles. The molecule has 2 saturated heterocycles. The minimum atomic E-state index is -1.20. The molecule has 5 amide bonds. The van der Waals surface area contributed by atoms with Gasteiger partial charge in [-0.15, -0.1) is 0 Å². The van der Waals surface area contributed by atoms with Crippen LogP contribution in [0.5, 0.6) is 0 Å². The molecule has 4 rings (SSSR count). The summed E-state index contributed by atoms with van der Waals surface area (Å²) in [6, 6.07) is 11.3. The van der Waals surface area contributed by atoms with E-state index in [0.29, 0.717) is 0 Å². The molecule has 0 aliphatic carbocycles. The van der Waals surface area contributed by atoms with E-state index in [1.807, 2.05) is 0 Å². The number of rotatable bonds is 14. The number of benzene rings is 2. The summed E-state index contributed by atoms with van der Waals surface area (Å²) in [5, 5.41) is 29.2. The molecule has 318 valence electrons. The summed E-state index contributed by atoms with van der Waals surface area (Å²) in [5.74, 6) is -7.20. The number of esters is 4. The van der Waals surface area contributed by atoms with E-state index in [1.165, 1.54) is 31.2 Å². The van der Waals surface area contributed by atoms with Gasteiger partial charge >= 0.3 is 35.8 Å². The van der Waals surface area contributed by atoms with Crippen molar-refractivity contribution in [2.75, 3.05) is 0 Å². The van der Waals surface area contributed by atoms with Gasteiger partial charge in [-0.05, 0) is 64.3 Å². The quantitative estimate of drug-likeness (QED) is 0.0843. The molecule has 0 saturated carbocycles. The summed E-state index contributed by atoms with van der Waals surface area (Å²) in [4.78, 5) is 124. The summed E-state index contributed by atoms with van der Waals surface area (Å²) in [7, 11) is 0. The van der Waals surface area contributed by atoms with Crippen LogP contribution < -0.4 is 32.3 Å². The Kier molecular flexibility index (Phi) is 19.5. The van der Waals surface area contributed by atoms with Crippen LogP contribution in [0.2, 0.25) is 0 Å². The van der Waals surface area contributed by atoms with Gasteiger partial charge in [-0.1, -0.05) is 36.4 Å². The summed E-state index contributed by atoms with van der Waals surface area (Å²) < 4.78 is 9.32. The molecular formula is C38H46N6O15. The fourth-order valence-electron chi connectivity index (χ4n) is 4.78. The smallest absolute Gasteiger partial charge is 0.345 e. The van der Waals surface area contributed by atoms with E-state index in [0.717, 1.165) is 0 Å². The van der Waals surface area contributed by atoms with Gasteiger partial charge in [0.05, 0.1) is 17.2 Å². The van der Waals surface area contributed by atoms with Crippen molar-refractivity contribution in [2.24, 2.45) is 5.73 Å². The fourth-order valence-corrected chi connectivity index (χ4v) is 4.78. The molecule has 59 heavy (non-hydrogen) atoms. The average molecular weight is 827 g/mol. The van der Waals surface area contributed by atoms with Gasteiger partial charge in [0.15, 0.2) is 0 Å². The summed E-state index contributed by atoms with van der Waals surface area (Å²) in [6.07, 6.45) is -0.392. The molecule has 0 bridgehead atoms. The Labute approximate surface area is 337 Å². The zero-order valence-electron chi connectivity index (χ0n) is 32.3. The van der Waals surface area contributed by atoms with Gasteiger partial charge in [0.2, 0.25) is 29.5 Å². The summed E-state index contributed by atoms with van der Waals surface area (Å²) >= 11 is 0. The van der Waals surface area contributed by atoms with Crippen LogP contribution in [0.25, 0.3) is 0 Å². The molecule has 0 aromatic heterocycles. The second-order valence-corrected chi connectivity index (χ2v) is 13.0. The van der Waals surface area contributed by atoms with E-state index in [9.17, 15) is 52.7 Å². The van der Waals surface area contributed by atoms with Crippen LogP contribution in [0, 0.1) is 0 Å². The molecular weight excluding hydrogens is 780 g/mol. The SMILES string of the molecule is CC(NC(=O)C(N)CCC(=O)OC(=O)c1ccccc1)C(=O)O.CC1NC(=O)C(CCC(=O)O)NC1=O.CC1NC(=O)C(CCC(=O)OC(=O)c2ccccc2)NC1=O. The molecule has 21 heteroatoms. The lowest BCUT2D eigenvalue weighted by atomic mass is 10.1. The van der Waals surface area contributed by atoms with Gasteiger partial charge in [-0.2, -0.15) is 0 Å². The Bertz CT molecular complexity index is 1870. The normalized spacial score (nSPS) is 19.1. The molecule has 0 radical (unpaired) electrons. The number of carbonyl (C=O) groups excluding carboxylic acids is 9. The Morgan fingerprint density at radius 1 is 0.644 bits per heavy atom. The van der Waals surface area contributed by atoms with E-state index in [2.05, 4.69) is 36.1 Å². The predicted molar refractivity (Wildman–Crippen MR) is 201 cm³/mol. The number of ether oxygens (including phenoxy) is 2. The van der Waals surface area contributed by atoms with Gasteiger partial charge in [-0.25, -0.2) is 9.59 Å². The van der Waals surface area contributed by atoms with Crippen LogP contribution in [-0.4, -0.2) is 112 Å². The summed E-state index contributed by atoms with van der Waals surface area (Å²) in [5.41, 5.74) is 6.06. The van der Waals surface area contributed by atoms with Crippen molar-refractivity contribution in [1.82, 2.24) is 26.6 Å². The predicted octanol–water partition coefficient (Wildman–Crippen LogP) is -0.926. The molecule has 2 fully saturated rings. The highest BCUT2D eigenvalue weighted by Gasteiger charge is 2.32. The molecule has 9 N–H and O–H groups in total. The number of amides is 5. The first-order valence-electron chi connectivity index (χ1n) is 18.1. The fraction of sp³-hybridized carbons (Fsp3) is 0.395. The van der Waals surface area contributed by atoms with Crippen molar-refractivity contribution >= 4 is 65.4 Å². The first-order chi connectivity index (χ1) is 27.8. The number of hydrogen-bond donors (Lipinski definition) is 8. The minimum Gasteiger partial charge on any atom is -0.481 e. The second kappa shape index (κ2) is 23.9. The van der Waals surface area contributed by atoms with Gasteiger partial charge in [0.25, 0.3) is 0 Å². The van der Waals surface area contributed by atoms with E-state index in [-0.39, 0.29) is 73.3 Å². The van der Waals surface area contributed by atoms with Gasteiger partial charge in [0, 0.05) is 19.3 Å². The van der Waals surface area contributed by atoms with Gasteiger partial charge in [0.1, 0.15) is 30.2 Å². The Morgan fingerprint density at radius 2 is 1.05 bits per heavy atom. The lowest BCUT2D eigenvalue weighted by Crippen LogP contribution is -2.60. The third-order valence-electron chi connectivity index (χ3n) is 8.21. The maximum atomic E-state index is 11.7. The number of nitrogens with two attached hydrogens (primary N) is 1. The standard InChI is InChI=1S/C15H18N2O6.C15H16N2O5.C8H12N2O4/c1-9(14(20)21)17-13(19)11(16)7-8-12(18)23-15(22)10-5-3-2-4-6-10;1-9-13(19)17-11(14(20)16-9)7-8-12(18)22-15(21)10-5-3-2-4-6-10;1-4-7(13)10-5(8(14)9-4)2-3-6(11)12/h2-6,9,11H,7-8,16H2,1H3,(H,17,19)(H,20,21);2-6,9,11H,7-8H2,1H3,(H,16,20)(H,17,19);4-5H,2-3H2,1H3,(H,9,14)(H,10,13)(H,11,12). The van der Waals surface area contributed by atoms with Crippen molar-refractivity contribution in [1.29, 1.82) is 0 Å². The van der Waals surface area contributed by atoms with Crippen LogP contribution in [0.1, 0.15) is 80.0 Å².